The summed E-state index contributed by atoms with van der Waals surface area (Å²) in [6.07, 6.45) is 2.89. The molecule has 1 nitrogen and oxygen atoms in total. The monoisotopic (exact) mass is 235 g/mol. The van der Waals surface area contributed by atoms with Crippen molar-refractivity contribution >= 4 is 6.08 Å². The van der Waals surface area contributed by atoms with Crippen LogP contribution in [0.15, 0.2) is 23.8 Å². The number of hydrogen-bond acceptors (Lipinski definition) is 1. The molecule has 0 radical (unpaired) electrons. The van der Waals surface area contributed by atoms with Crippen LogP contribution >= 0.6 is 0 Å². The summed E-state index contributed by atoms with van der Waals surface area (Å²) < 4.78 is 13.6. The topological polar surface area (TPSA) is 12.0 Å². The van der Waals surface area contributed by atoms with Gasteiger partial charge in [0.2, 0.25) is 0 Å². The minimum Gasteiger partial charge on any atom is -0.311 e. The van der Waals surface area contributed by atoms with Crippen molar-refractivity contribution in [2.24, 2.45) is 0 Å². The number of nitrogens with one attached hydrogen (secondary N) is 1. The van der Waals surface area contributed by atoms with Crippen LogP contribution in [0.5, 0.6) is 0 Å². The van der Waals surface area contributed by atoms with Crippen LogP contribution in [0.25, 0.3) is 6.08 Å². The summed E-state index contributed by atoms with van der Waals surface area (Å²) in [6.45, 7) is 9.12. The van der Waals surface area contributed by atoms with Gasteiger partial charge in [-0.3, -0.25) is 0 Å². The molecule has 0 amide bonds. The lowest BCUT2D eigenvalue weighted by atomic mass is 10.1. The third-order valence-electron chi connectivity index (χ3n) is 2.70. The first-order chi connectivity index (χ1) is 8.02. The Kier molecular flexibility index (Phi) is 5.36. The Bertz CT molecular complexity index is 394. The van der Waals surface area contributed by atoms with Crippen molar-refractivity contribution in [3.8, 4) is 0 Å². The Hall–Kier alpha value is -1.15. The van der Waals surface area contributed by atoms with Gasteiger partial charge in [0.25, 0.3) is 0 Å². The molecule has 1 rings (SSSR count). The predicted molar refractivity (Wildman–Crippen MR) is 72.5 cm³/mol. The largest absolute Gasteiger partial charge is 0.311 e. The van der Waals surface area contributed by atoms with Crippen molar-refractivity contribution in [2.75, 3.05) is 6.54 Å². The molecule has 0 aliphatic heterocycles. The molecule has 1 aromatic carbocycles. The van der Waals surface area contributed by atoms with Gasteiger partial charge >= 0.3 is 0 Å². The van der Waals surface area contributed by atoms with E-state index in [2.05, 4.69) is 26.1 Å². The first-order valence-corrected chi connectivity index (χ1v) is 6.22. The molecular weight excluding hydrogens is 213 g/mol. The van der Waals surface area contributed by atoms with E-state index in [1.807, 2.05) is 19.1 Å². The summed E-state index contributed by atoms with van der Waals surface area (Å²) in [5, 5.41) is 3.36. The van der Waals surface area contributed by atoms with Gasteiger partial charge < -0.3 is 5.32 Å². The fourth-order valence-corrected chi connectivity index (χ4v) is 1.61. The van der Waals surface area contributed by atoms with Gasteiger partial charge in [-0.25, -0.2) is 4.39 Å². The Balaban J connectivity index is 2.86. The second kappa shape index (κ2) is 6.55. The highest BCUT2D eigenvalue weighted by Gasteiger charge is 2.02. The van der Waals surface area contributed by atoms with E-state index in [9.17, 15) is 4.39 Å². The average molecular weight is 235 g/mol. The van der Waals surface area contributed by atoms with E-state index in [0.29, 0.717) is 11.6 Å². The number of benzene rings is 1. The molecule has 0 bridgehead atoms. The molecule has 0 aliphatic carbocycles. The highest BCUT2D eigenvalue weighted by Crippen LogP contribution is 2.15. The maximum Gasteiger partial charge on any atom is 0.130 e. The molecular formula is C15H22FN. The van der Waals surface area contributed by atoms with Crippen LogP contribution in [-0.4, -0.2) is 12.6 Å². The van der Waals surface area contributed by atoms with Gasteiger partial charge in [0.15, 0.2) is 0 Å². The zero-order chi connectivity index (χ0) is 12.8. The van der Waals surface area contributed by atoms with Gasteiger partial charge in [-0.1, -0.05) is 44.1 Å². The second-order valence-corrected chi connectivity index (χ2v) is 4.72. The van der Waals surface area contributed by atoms with Gasteiger partial charge in [-0.15, -0.1) is 0 Å². The molecule has 17 heavy (non-hydrogen) atoms. The van der Waals surface area contributed by atoms with Crippen LogP contribution < -0.4 is 5.32 Å². The van der Waals surface area contributed by atoms with Crippen LogP contribution in [0.1, 0.15) is 38.3 Å². The van der Waals surface area contributed by atoms with Crippen LogP contribution in [-0.2, 0) is 0 Å². The molecule has 1 N–H and O–H groups in total. The minimum atomic E-state index is -0.147. The Morgan fingerprint density at radius 3 is 2.71 bits per heavy atom. The maximum atomic E-state index is 13.6. The van der Waals surface area contributed by atoms with E-state index in [1.54, 1.807) is 6.07 Å². The first-order valence-electron chi connectivity index (χ1n) is 6.22. The SMILES string of the molecule is CC/C(=C/c1cc(C)ccc1F)CNC(C)C. The van der Waals surface area contributed by atoms with Crippen molar-refractivity contribution in [3.05, 3.63) is 40.7 Å². The summed E-state index contributed by atoms with van der Waals surface area (Å²) >= 11 is 0. The fourth-order valence-electron chi connectivity index (χ4n) is 1.61. The average Bonchev–Trinajstić information content (AvgIpc) is 2.28. The van der Waals surface area contributed by atoms with E-state index in [4.69, 9.17) is 0 Å². The van der Waals surface area contributed by atoms with Gasteiger partial charge in [0, 0.05) is 18.2 Å². The second-order valence-electron chi connectivity index (χ2n) is 4.72. The first kappa shape index (κ1) is 13.9. The lowest BCUT2D eigenvalue weighted by molar-refractivity contribution is 0.614. The van der Waals surface area contributed by atoms with Crippen LogP contribution in [0.2, 0.25) is 0 Å². The van der Waals surface area contributed by atoms with Gasteiger partial charge in [-0.2, -0.15) is 0 Å². The molecule has 0 aliphatic rings. The Labute approximate surface area is 104 Å². The van der Waals surface area contributed by atoms with E-state index < -0.39 is 0 Å². The number of aryl methyl sites for hydroxylation is 1. The highest BCUT2D eigenvalue weighted by molar-refractivity contribution is 5.54. The van der Waals surface area contributed by atoms with Crippen molar-refractivity contribution < 1.29 is 4.39 Å². The van der Waals surface area contributed by atoms with E-state index in [-0.39, 0.29) is 5.82 Å². The number of halogens is 1. The molecule has 1 aromatic rings. The lowest BCUT2D eigenvalue weighted by Gasteiger charge is -2.10. The third-order valence-corrected chi connectivity index (χ3v) is 2.70. The zero-order valence-electron chi connectivity index (χ0n) is 11.2. The summed E-state index contributed by atoms with van der Waals surface area (Å²) in [4.78, 5) is 0. The predicted octanol–water partition coefficient (Wildman–Crippen LogP) is 3.93. The van der Waals surface area contributed by atoms with E-state index in [1.165, 1.54) is 11.6 Å². The van der Waals surface area contributed by atoms with Crippen molar-refractivity contribution in [3.63, 3.8) is 0 Å². The normalized spacial score (nSPS) is 12.2. The molecule has 0 aromatic heterocycles. The molecule has 0 saturated heterocycles. The van der Waals surface area contributed by atoms with Crippen LogP contribution in [0.4, 0.5) is 4.39 Å². The van der Waals surface area contributed by atoms with Crippen molar-refractivity contribution in [1.82, 2.24) is 5.32 Å². The molecule has 0 heterocycles. The molecule has 0 spiro atoms. The molecule has 0 unspecified atom stereocenters. The zero-order valence-corrected chi connectivity index (χ0v) is 11.2. The van der Waals surface area contributed by atoms with Gasteiger partial charge in [0.1, 0.15) is 5.82 Å². The number of hydrogen-bond donors (Lipinski definition) is 1. The molecule has 0 saturated carbocycles. The van der Waals surface area contributed by atoms with Crippen LogP contribution in [0.3, 0.4) is 0 Å². The van der Waals surface area contributed by atoms with E-state index >= 15 is 0 Å². The van der Waals surface area contributed by atoms with Gasteiger partial charge in [0.05, 0.1) is 0 Å². The van der Waals surface area contributed by atoms with Crippen molar-refractivity contribution in [1.29, 1.82) is 0 Å². The Morgan fingerprint density at radius 2 is 2.12 bits per heavy atom. The van der Waals surface area contributed by atoms with Crippen LogP contribution in [0, 0.1) is 12.7 Å². The smallest absolute Gasteiger partial charge is 0.130 e. The number of rotatable bonds is 5. The molecule has 94 valence electrons. The van der Waals surface area contributed by atoms with E-state index in [0.717, 1.165) is 18.5 Å². The Morgan fingerprint density at radius 1 is 1.41 bits per heavy atom. The maximum absolute atomic E-state index is 13.6. The highest BCUT2D eigenvalue weighted by atomic mass is 19.1. The van der Waals surface area contributed by atoms with Gasteiger partial charge in [-0.05, 0) is 25.5 Å². The third kappa shape index (κ3) is 4.70. The summed E-state index contributed by atoms with van der Waals surface area (Å²) in [5.41, 5.74) is 3.00. The standard InChI is InChI=1S/C15H22FN/c1-5-13(10-17-11(2)3)9-14-8-12(4)6-7-15(14)16/h6-9,11,17H,5,10H2,1-4H3/b13-9-. The summed E-state index contributed by atoms with van der Waals surface area (Å²) in [5.74, 6) is -0.147. The van der Waals surface area contributed by atoms with Crippen molar-refractivity contribution in [2.45, 2.75) is 40.2 Å². The molecule has 0 fully saturated rings. The molecule has 2 heteroatoms. The lowest BCUT2D eigenvalue weighted by Crippen LogP contribution is -2.24. The quantitative estimate of drug-likeness (QED) is 0.815. The summed E-state index contributed by atoms with van der Waals surface area (Å²) in [6, 6.07) is 5.67. The summed E-state index contributed by atoms with van der Waals surface area (Å²) in [7, 11) is 0. The minimum absolute atomic E-state index is 0.147. The molecule has 0 atom stereocenters. The fraction of sp³-hybridized carbons (Fsp3) is 0.467.